The average Bonchev–Trinajstić information content (AvgIpc) is 2.77. The average molecular weight is 424 g/mol. The fourth-order valence-corrected chi connectivity index (χ4v) is 3.63. The highest BCUT2D eigenvalue weighted by molar-refractivity contribution is 5.94. The topological polar surface area (TPSA) is 102 Å². The molecule has 0 bridgehead atoms. The van der Waals surface area contributed by atoms with Crippen molar-refractivity contribution in [1.29, 1.82) is 0 Å². The second-order valence-electron chi connectivity index (χ2n) is 7.89. The zero-order chi connectivity index (χ0) is 22.2. The summed E-state index contributed by atoms with van der Waals surface area (Å²) in [4.78, 5) is 37.2. The lowest BCUT2D eigenvalue weighted by molar-refractivity contribution is -0.123. The van der Waals surface area contributed by atoms with Gasteiger partial charge in [-0.25, -0.2) is 0 Å². The first-order chi connectivity index (χ1) is 14.9. The Kier molecular flexibility index (Phi) is 7.78. The Labute approximate surface area is 182 Å². The molecule has 0 aliphatic carbocycles. The molecule has 0 spiro atoms. The van der Waals surface area contributed by atoms with Crippen molar-refractivity contribution in [2.75, 3.05) is 31.6 Å². The summed E-state index contributed by atoms with van der Waals surface area (Å²) in [6.45, 7) is 4.09. The van der Waals surface area contributed by atoms with Gasteiger partial charge in [0.1, 0.15) is 5.75 Å². The lowest BCUT2D eigenvalue weighted by atomic mass is 9.96. The molecule has 1 fully saturated rings. The van der Waals surface area contributed by atoms with E-state index in [0.29, 0.717) is 17.0 Å². The summed E-state index contributed by atoms with van der Waals surface area (Å²) in [6.07, 6.45) is 2.58. The molecule has 7 heteroatoms. The van der Waals surface area contributed by atoms with Crippen LogP contribution in [0.25, 0.3) is 0 Å². The molecule has 1 aliphatic rings. The third-order valence-electron chi connectivity index (χ3n) is 5.55. The number of carbonyl (C=O) groups is 3. The number of ketones is 1. The monoisotopic (exact) mass is 423 g/mol. The molecule has 0 radical (unpaired) electrons. The minimum absolute atomic E-state index is 0.0150. The van der Waals surface area contributed by atoms with Crippen LogP contribution in [0.1, 0.15) is 35.7 Å². The number of likely N-dealkylation sites (tertiary alicyclic amines) is 1. The van der Waals surface area contributed by atoms with E-state index >= 15 is 0 Å². The number of nitrogens with two attached hydrogens (primary N) is 1. The predicted molar refractivity (Wildman–Crippen MR) is 119 cm³/mol. The molecular weight excluding hydrogens is 394 g/mol. The lowest BCUT2D eigenvalue weighted by Crippen LogP contribution is -2.39. The number of carbonyl (C=O) groups excluding carboxylic acids is 3. The quantitative estimate of drug-likeness (QED) is 0.604. The van der Waals surface area contributed by atoms with Crippen LogP contribution in [0.4, 0.5) is 5.69 Å². The summed E-state index contributed by atoms with van der Waals surface area (Å²) in [7, 11) is 0. The van der Waals surface area contributed by atoms with Gasteiger partial charge in [-0.15, -0.1) is 0 Å². The van der Waals surface area contributed by atoms with Crippen LogP contribution in [-0.4, -0.2) is 48.7 Å². The van der Waals surface area contributed by atoms with Gasteiger partial charge in [0.05, 0.1) is 0 Å². The molecule has 1 aliphatic heterocycles. The minimum Gasteiger partial charge on any atom is -0.484 e. The summed E-state index contributed by atoms with van der Waals surface area (Å²) in [6, 6.07) is 14.5. The highest BCUT2D eigenvalue weighted by Crippen LogP contribution is 2.18. The first kappa shape index (κ1) is 22.5. The van der Waals surface area contributed by atoms with Crippen LogP contribution in [-0.2, 0) is 16.0 Å². The molecule has 2 aromatic carbocycles. The Morgan fingerprint density at radius 3 is 2.45 bits per heavy atom. The van der Waals surface area contributed by atoms with Gasteiger partial charge in [-0.1, -0.05) is 24.3 Å². The van der Waals surface area contributed by atoms with Crippen LogP contribution in [0.2, 0.25) is 0 Å². The SMILES string of the molecule is CC(=O)c1cccc(OCC(=O)Nc2ccc(CCN3CCC(C(N)=O)CC3)cc2)c1. The van der Waals surface area contributed by atoms with Gasteiger partial charge in [0.25, 0.3) is 5.91 Å². The van der Waals surface area contributed by atoms with Gasteiger partial charge < -0.3 is 20.7 Å². The zero-order valence-electron chi connectivity index (χ0n) is 17.8. The normalized spacial score (nSPS) is 14.7. The van der Waals surface area contributed by atoms with Crippen LogP contribution in [0, 0.1) is 5.92 Å². The van der Waals surface area contributed by atoms with Crippen molar-refractivity contribution in [1.82, 2.24) is 4.90 Å². The summed E-state index contributed by atoms with van der Waals surface area (Å²) >= 11 is 0. The van der Waals surface area contributed by atoms with E-state index in [4.69, 9.17) is 10.5 Å². The zero-order valence-corrected chi connectivity index (χ0v) is 17.8. The van der Waals surface area contributed by atoms with Crippen molar-refractivity contribution in [2.45, 2.75) is 26.2 Å². The molecule has 1 saturated heterocycles. The highest BCUT2D eigenvalue weighted by Gasteiger charge is 2.22. The van der Waals surface area contributed by atoms with Gasteiger partial charge in [0.2, 0.25) is 5.91 Å². The summed E-state index contributed by atoms with van der Waals surface area (Å²) in [5.74, 6) is -0.00467. The van der Waals surface area contributed by atoms with E-state index in [2.05, 4.69) is 10.2 Å². The molecule has 0 atom stereocenters. The van der Waals surface area contributed by atoms with E-state index in [-0.39, 0.29) is 30.1 Å². The molecule has 0 aromatic heterocycles. The third kappa shape index (κ3) is 6.93. The van der Waals surface area contributed by atoms with Crippen molar-refractivity contribution >= 4 is 23.3 Å². The standard InChI is InChI=1S/C24H29N3O4/c1-17(28)20-3-2-4-22(15-20)31-16-23(29)26-21-7-5-18(6-8-21)9-12-27-13-10-19(11-14-27)24(25)30/h2-8,15,19H,9-14,16H2,1H3,(H2,25,30)(H,26,29). The predicted octanol–water partition coefficient (Wildman–Crippen LogP) is 2.65. The molecule has 0 saturated carbocycles. The number of rotatable bonds is 9. The maximum atomic E-state index is 12.2. The van der Waals surface area contributed by atoms with Crippen molar-refractivity contribution in [3.05, 3.63) is 59.7 Å². The highest BCUT2D eigenvalue weighted by atomic mass is 16.5. The number of nitrogens with one attached hydrogen (secondary N) is 1. The van der Waals surface area contributed by atoms with Crippen LogP contribution >= 0.6 is 0 Å². The van der Waals surface area contributed by atoms with Crippen LogP contribution < -0.4 is 15.8 Å². The van der Waals surface area contributed by atoms with E-state index in [9.17, 15) is 14.4 Å². The van der Waals surface area contributed by atoms with Gasteiger partial charge in [0.15, 0.2) is 12.4 Å². The van der Waals surface area contributed by atoms with Gasteiger partial charge in [0, 0.05) is 23.7 Å². The maximum Gasteiger partial charge on any atom is 0.262 e. The van der Waals surface area contributed by atoms with Gasteiger partial charge in [-0.2, -0.15) is 0 Å². The van der Waals surface area contributed by atoms with E-state index in [1.165, 1.54) is 12.5 Å². The second kappa shape index (κ2) is 10.7. The fourth-order valence-electron chi connectivity index (χ4n) is 3.63. The van der Waals surface area contributed by atoms with Crippen LogP contribution in [0.3, 0.4) is 0 Å². The molecule has 0 unspecified atom stereocenters. The number of piperidine rings is 1. The molecule has 3 N–H and O–H groups in total. The molecule has 2 aromatic rings. The number of hydrogen-bond donors (Lipinski definition) is 2. The van der Waals surface area contributed by atoms with E-state index in [1.807, 2.05) is 24.3 Å². The first-order valence-corrected chi connectivity index (χ1v) is 10.5. The molecule has 7 nitrogen and oxygen atoms in total. The Balaban J connectivity index is 1.41. The van der Waals surface area contributed by atoms with Crippen LogP contribution in [0.15, 0.2) is 48.5 Å². The largest absolute Gasteiger partial charge is 0.484 e. The molecule has 2 amide bonds. The Hall–Kier alpha value is -3.19. The Bertz CT molecular complexity index is 919. The Morgan fingerprint density at radius 1 is 1.10 bits per heavy atom. The number of benzene rings is 2. The minimum atomic E-state index is -0.265. The number of hydrogen-bond acceptors (Lipinski definition) is 5. The van der Waals surface area contributed by atoms with E-state index in [1.54, 1.807) is 24.3 Å². The molecule has 31 heavy (non-hydrogen) atoms. The summed E-state index contributed by atoms with van der Waals surface area (Å²) < 4.78 is 5.48. The van der Waals surface area contributed by atoms with Crippen molar-refractivity contribution in [3.8, 4) is 5.75 Å². The number of ether oxygens (including phenoxy) is 1. The third-order valence-corrected chi connectivity index (χ3v) is 5.55. The second-order valence-corrected chi connectivity index (χ2v) is 7.89. The fraction of sp³-hybridized carbons (Fsp3) is 0.375. The smallest absolute Gasteiger partial charge is 0.262 e. The van der Waals surface area contributed by atoms with Gasteiger partial charge >= 0.3 is 0 Å². The van der Waals surface area contributed by atoms with E-state index < -0.39 is 0 Å². The number of amides is 2. The van der Waals surface area contributed by atoms with Gasteiger partial charge in [-0.3, -0.25) is 14.4 Å². The lowest BCUT2D eigenvalue weighted by Gasteiger charge is -2.30. The number of anilines is 1. The Morgan fingerprint density at radius 2 is 1.81 bits per heavy atom. The molecular formula is C24H29N3O4. The van der Waals surface area contributed by atoms with Crippen LogP contribution in [0.5, 0.6) is 5.75 Å². The summed E-state index contributed by atoms with van der Waals surface area (Å²) in [5, 5.41) is 2.81. The molecule has 3 rings (SSSR count). The molecule has 1 heterocycles. The number of Topliss-reactive ketones (excluding diaryl/α,β-unsaturated/α-hetero) is 1. The maximum absolute atomic E-state index is 12.2. The van der Waals surface area contributed by atoms with Crippen molar-refractivity contribution < 1.29 is 19.1 Å². The summed E-state index contributed by atoms with van der Waals surface area (Å²) in [5.41, 5.74) is 7.82. The number of primary amides is 1. The van der Waals surface area contributed by atoms with Gasteiger partial charge in [-0.05, 0) is 69.1 Å². The number of nitrogens with zero attached hydrogens (tertiary/aromatic N) is 1. The molecule has 164 valence electrons. The van der Waals surface area contributed by atoms with E-state index in [0.717, 1.165) is 38.9 Å². The van der Waals surface area contributed by atoms with Crippen molar-refractivity contribution in [3.63, 3.8) is 0 Å². The first-order valence-electron chi connectivity index (χ1n) is 10.5. The van der Waals surface area contributed by atoms with Crippen molar-refractivity contribution in [2.24, 2.45) is 11.7 Å².